The smallest absolute Gasteiger partial charge is 0.151 e. The number of H-pyrrole nitrogens is 1. The van der Waals surface area contributed by atoms with Crippen LogP contribution in [-0.4, -0.2) is 41.7 Å². The number of hydrogen-bond donors (Lipinski definition) is 1. The lowest BCUT2D eigenvalue weighted by atomic mass is 9.99. The monoisotopic (exact) mass is 277 g/mol. The van der Waals surface area contributed by atoms with Gasteiger partial charge in [0, 0.05) is 13.7 Å². The molecule has 0 spiro atoms. The Bertz CT molecular complexity index is 582. The highest BCUT2D eigenvalue weighted by Gasteiger charge is 2.20. The standard InChI is InChI=1S/C15H20FN3O/c1-20-10-11-4-3-7-19(8-11)9-14-17-13-6-2-5-12(16)15(13)18-14/h2,5-6,11H,3-4,7-10H2,1H3,(H,17,18). The lowest BCUT2D eigenvalue weighted by Crippen LogP contribution is -2.36. The first-order valence-corrected chi connectivity index (χ1v) is 7.10. The summed E-state index contributed by atoms with van der Waals surface area (Å²) in [6.07, 6.45) is 2.40. The SMILES string of the molecule is COCC1CCCN(Cc2nc3c(F)cccc3[nH]2)C1. The second-order valence-corrected chi connectivity index (χ2v) is 5.52. The van der Waals surface area contributed by atoms with Gasteiger partial charge in [-0.1, -0.05) is 6.07 Å². The fourth-order valence-corrected chi connectivity index (χ4v) is 3.00. The molecule has 1 N–H and O–H groups in total. The van der Waals surface area contributed by atoms with Crippen molar-refractivity contribution in [2.75, 3.05) is 26.8 Å². The van der Waals surface area contributed by atoms with E-state index in [0.717, 1.165) is 37.6 Å². The maximum Gasteiger partial charge on any atom is 0.151 e. The Kier molecular flexibility index (Phi) is 3.98. The molecule has 1 aliphatic heterocycles. The average Bonchev–Trinajstić information content (AvgIpc) is 2.83. The van der Waals surface area contributed by atoms with E-state index in [4.69, 9.17) is 4.74 Å². The van der Waals surface area contributed by atoms with Crippen molar-refractivity contribution in [3.8, 4) is 0 Å². The zero-order chi connectivity index (χ0) is 13.9. The second-order valence-electron chi connectivity index (χ2n) is 5.52. The molecule has 1 aromatic carbocycles. The number of aromatic amines is 1. The minimum absolute atomic E-state index is 0.263. The Balaban J connectivity index is 1.71. The first-order chi connectivity index (χ1) is 9.76. The number of methoxy groups -OCH3 is 1. The molecule has 5 heteroatoms. The molecule has 2 heterocycles. The Hall–Kier alpha value is -1.46. The molecule has 1 fully saturated rings. The van der Waals surface area contributed by atoms with Crippen LogP contribution in [0, 0.1) is 11.7 Å². The van der Waals surface area contributed by atoms with E-state index in [9.17, 15) is 4.39 Å². The molecule has 108 valence electrons. The van der Waals surface area contributed by atoms with E-state index in [1.807, 2.05) is 6.07 Å². The molecule has 0 amide bonds. The van der Waals surface area contributed by atoms with E-state index in [0.29, 0.717) is 11.4 Å². The number of aromatic nitrogens is 2. The van der Waals surface area contributed by atoms with Crippen LogP contribution in [0.1, 0.15) is 18.7 Å². The minimum Gasteiger partial charge on any atom is -0.384 e. The number of fused-ring (bicyclic) bond motifs is 1. The van der Waals surface area contributed by atoms with E-state index in [2.05, 4.69) is 14.9 Å². The minimum atomic E-state index is -0.263. The highest BCUT2D eigenvalue weighted by atomic mass is 19.1. The third kappa shape index (κ3) is 2.83. The van der Waals surface area contributed by atoms with Gasteiger partial charge in [-0.2, -0.15) is 0 Å². The van der Waals surface area contributed by atoms with Crippen molar-refractivity contribution in [3.63, 3.8) is 0 Å². The largest absolute Gasteiger partial charge is 0.384 e. The van der Waals surface area contributed by atoms with Crippen molar-refractivity contribution >= 4 is 11.0 Å². The van der Waals surface area contributed by atoms with Gasteiger partial charge in [0.25, 0.3) is 0 Å². The van der Waals surface area contributed by atoms with Gasteiger partial charge in [0.2, 0.25) is 0 Å². The third-order valence-electron chi connectivity index (χ3n) is 3.89. The average molecular weight is 277 g/mol. The third-order valence-corrected chi connectivity index (χ3v) is 3.89. The molecule has 0 bridgehead atoms. The molecule has 20 heavy (non-hydrogen) atoms. The predicted molar refractivity (Wildman–Crippen MR) is 75.9 cm³/mol. The number of likely N-dealkylation sites (tertiary alicyclic amines) is 1. The summed E-state index contributed by atoms with van der Waals surface area (Å²) in [5.74, 6) is 1.17. The number of nitrogens with one attached hydrogen (secondary N) is 1. The number of imidazole rings is 1. The Labute approximate surface area is 117 Å². The van der Waals surface area contributed by atoms with Crippen molar-refractivity contribution < 1.29 is 9.13 Å². The van der Waals surface area contributed by atoms with Crippen LogP contribution < -0.4 is 0 Å². The zero-order valence-corrected chi connectivity index (χ0v) is 11.7. The van der Waals surface area contributed by atoms with E-state index in [1.165, 1.54) is 18.9 Å². The molecule has 1 unspecified atom stereocenters. The van der Waals surface area contributed by atoms with Crippen LogP contribution in [-0.2, 0) is 11.3 Å². The lowest BCUT2D eigenvalue weighted by molar-refractivity contribution is 0.0863. The number of rotatable bonds is 4. The Morgan fingerprint density at radius 2 is 2.40 bits per heavy atom. The lowest BCUT2D eigenvalue weighted by Gasteiger charge is -2.31. The topological polar surface area (TPSA) is 41.1 Å². The van der Waals surface area contributed by atoms with Crippen molar-refractivity contribution in [1.29, 1.82) is 0 Å². The first-order valence-electron chi connectivity index (χ1n) is 7.10. The van der Waals surface area contributed by atoms with Crippen molar-refractivity contribution in [2.45, 2.75) is 19.4 Å². The van der Waals surface area contributed by atoms with Gasteiger partial charge in [-0.25, -0.2) is 9.37 Å². The van der Waals surface area contributed by atoms with Crippen LogP contribution >= 0.6 is 0 Å². The van der Waals surface area contributed by atoms with E-state index < -0.39 is 0 Å². The van der Waals surface area contributed by atoms with Crippen LogP contribution in [0.4, 0.5) is 4.39 Å². The fraction of sp³-hybridized carbons (Fsp3) is 0.533. The normalized spacial score (nSPS) is 20.6. The van der Waals surface area contributed by atoms with Gasteiger partial charge >= 0.3 is 0 Å². The number of halogens is 1. The molecule has 1 atom stereocenters. The Morgan fingerprint density at radius 1 is 1.50 bits per heavy atom. The van der Waals surface area contributed by atoms with Gasteiger partial charge in [-0.3, -0.25) is 4.90 Å². The van der Waals surface area contributed by atoms with Crippen LogP contribution in [0.15, 0.2) is 18.2 Å². The van der Waals surface area contributed by atoms with Crippen LogP contribution in [0.3, 0.4) is 0 Å². The predicted octanol–water partition coefficient (Wildman–Crippen LogP) is 2.56. The van der Waals surface area contributed by atoms with Crippen molar-refractivity contribution in [2.24, 2.45) is 5.92 Å². The summed E-state index contributed by atoms with van der Waals surface area (Å²) in [7, 11) is 1.75. The van der Waals surface area contributed by atoms with Crippen molar-refractivity contribution in [1.82, 2.24) is 14.9 Å². The van der Waals surface area contributed by atoms with Gasteiger partial charge < -0.3 is 9.72 Å². The number of para-hydroxylation sites is 1. The van der Waals surface area contributed by atoms with Gasteiger partial charge in [0.1, 0.15) is 11.3 Å². The molecule has 0 saturated carbocycles. The molecule has 3 rings (SSSR count). The summed E-state index contributed by atoms with van der Waals surface area (Å²) in [5.41, 5.74) is 1.21. The summed E-state index contributed by atoms with van der Waals surface area (Å²) >= 11 is 0. The molecular formula is C15H20FN3O. The molecular weight excluding hydrogens is 257 g/mol. The maximum absolute atomic E-state index is 13.6. The fourth-order valence-electron chi connectivity index (χ4n) is 3.00. The second kappa shape index (κ2) is 5.89. The summed E-state index contributed by atoms with van der Waals surface area (Å²) in [6.45, 7) is 3.65. The highest BCUT2D eigenvalue weighted by molar-refractivity contribution is 5.75. The number of nitrogens with zero attached hydrogens (tertiary/aromatic N) is 2. The molecule has 4 nitrogen and oxygen atoms in total. The number of hydrogen-bond acceptors (Lipinski definition) is 3. The molecule has 1 saturated heterocycles. The molecule has 0 aliphatic carbocycles. The molecule has 2 aromatic rings. The molecule has 1 aliphatic rings. The van der Waals surface area contributed by atoms with Crippen LogP contribution in [0.25, 0.3) is 11.0 Å². The van der Waals surface area contributed by atoms with E-state index in [1.54, 1.807) is 13.2 Å². The van der Waals surface area contributed by atoms with Crippen LogP contribution in [0.2, 0.25) is 0 Å². The van der Waals surface area contributed by atoms with Gasteiger partial charge in [0.05, 0.1) is 18.7 Å². The summed E-state index contributed by atoms with van der Waals surface area (Å²) in [6, 6.07) is 5.01. The number of benzene rings is 1. The quantitative estimate of drug-likeness (QED) is 0.934. The maximum atomic E-state index is 13.6. The first kappa shape index (κ1) is 13.5. The van der Waals surface area contributed by atoms with Gasteiger partial charge in [0.15, 0.2) is 5.82 Å². The van der Waals surface area contributed by atoms with E-state index in [-0.39, 0.29) is 5.82 Å². The molecule has 0 radical (unpaired) electrons. The zero-order valence-electron chi connectivity index (χ0n) is 11.7. The van der Waals surface area contributed by atoms with Crippen molar-refractivity contribution in [3.05, 3.63) is 29.8 Å². The summed E-state index contributed by atoms with van der Waals surface area (Å²) in [5, 5.41) is 0. The van der Waals surface area contributed by atoms with Gasteiger partial charge in [-0.05, 0) is 37.4 Å². The van der Waals surface area contributed by atoms with Crippen LogP contribution in [0.5, 0.6) is 0 Å². The summed E-state index contributed by atoms with van der Waals surface area (Å²) in [4.78, 5) is 9.94. The number of piperidine rings is 1. The van der Waals surface area contributed by atoms with E-state index >= 15 is 0 Å². The molecule has 1 aromatic heterocycles. The number of ether oxygens (including phenoxy) is 1. The van der Waals surface area contributed by atoms with Gasteiger partial charge in [-0.15, -0.1) is 0 Å². The Morgan fingerprint density at radius 3 is 3.20 bits per heavy atom. The highest BCUT2D eigenvalue weighted by Crippen LogP contribution is 2.20. The summed E-state index contributed by atoms with van der Waals surface area (Å²) < 4.78 is 18.9.